The van der Waals surface area contributed by atoms with E-state index in [2.05, 4.69) is 15.0 Å². The molecule has 0 radical (unpaired) electrons. The summed E-state index contributed by atoms with van der Waals surface area (Å²) in [7, 11) is -1.78. The number of amides is 1. The van der Waals surface area contributed by atoms with Crippen molar-refractivity contribution in [1.82, 2.24) is 28.7 Å². The number of rotatable bonds is 6. The zero-order valence-electron chi connectivity index (χ0n) is 17.8. The van der Waals surface area contributed by atoms with Crippen LogP contribution in [0, 0.1) is 0 Å². The van der Waals surface area contributed by atoms with E-state index in [-0.39, 0.29) is 42.7 Å². The average molecular weight is 487 g/mol. The molecule has 5 heterocycles. The van der Waals surface area contributed by atoms with E-state index in [9.17, 15) is 13.2 Å². The molecule has 0 bridgehead atoms. The van der Waals surface area contributed by atoms with Crippen LogP contribution in [0.5, 0.6) is 0 Å². The molecular weight excluding hydrogens is 464 g/mol. The maximum Gasteiger partial charge on any atom is 0.289 e. The number of hydrogen-bond donors (Lipinski definition) is 1. The lowest BCUT2D eigenvalue weighted by Crippen LogP contribution is -2.50. The number of carbonyl (C=O) groups excluding carboxylic acids is 1. The number of imidazole rings is 1. The number of aromatic nitrogens is 4. The summed E-state index contributed by atoms with van der Waals surface area (Å²) in [5.74, 6) is 1.26. The molecule has 12 heteroatoms. The van der Waals surface area contributed by atoms with Crippen molar-refractivity contribution < 1.29 is 17.6 Å². The molecule has 0 aromatic carbocycles. The second kappa shape index (κ2) is 8.69. The van der Waals surface area contributed by atoms with E-state index < -0.39 is 10.0 Å². The van der Waals surface area contributed by atoms with Crippen molar-refractivity contribution in [3.8, 4) is 0 Å². The highest BCUT2D eigenvalue weighted by Crippen LogP contribution is 2.26. The molecule has 4 aromatic heterocycles. The Morgan fingerprint density at radius 3 is 2.73 bits per heavy atom. The highest BCUT2D eigenvalue weighted by atomic mass is 32.2. The Labute approximate surface area is 194 Å². The summed E-state index contributed by atoms with van der Waals surface area (Å²) >= 11 is 1.52. The van der Waals surface area contributed by atoms with Crippen molar-refractivity contribution in [2.45, 2.75) is 15.8 Å². The standard InChI is InChI=1S/C21H22N6O4S2/c1-25-8-7-23-21(25)32-14-15-4-5-17(31-15)20(28)26-9-11-27(12-10-26)33(29,30)18-13-24-19-16(18)3-2-6-22-19/h2-8,13H,9-12,14H2,1H3,(H,22,24). The van der Waals surface area contributed by atoms with E-state index in [1.54, 1.807) is 41.6 Å². The number of fused-ring (bicyclic) bond motifs is 1. The third-order valence-corrected chi connectivity index (χ3v) is 8.57. The number of hydrogen-bond acceptors (Lipinski definition) is 7. The van der Waals surface area contributed by atoms with Crippen molar-refractivity contribution in [2.24, 2.45) is 7.05 Å². The van der Waals surface area contributed by atoms with E-state index in [0.29, 0.717) is 22.5 Å². The van der Waals surface area contributed by atoms with Crippen molar-refractivity contribution >= 4 is 38.7 Å². The first-order chi connectivity index (χ1) is 15.9. The molecule has 4 aromatic rings. The van der Waals surface area contributed by atoms with Crippen LogP contribution in [0.4, 0.5) is 0 Å². The monoisotopic (exact) mass is 486 g/mol. The molecule has 0 unspecified atom stereocenters. The summed E-state index contributed by atoms with van der Waals surface area (Å²) in [4.78, 5) is 26.0. The topological polar surface area (TPSA) is 117 Å². The fraction of sp³-hybridized carbons (Fsp3) is 0.286. The predicted molar refractivity (Wildman–Crippen MR) is 122 cm³/mol. The summed E-state index contributed by atoms with van der Waals surface area (Å²) in [6, 6.07) is 6.89. The Bertz CT molecular complexity index is 1400. The van der Waals surface area contributed by atoms with Crippen LogP contribution in [0.25, 0.3) is 11.0 Å². The Balaban J connectivity index is 1.22. The molecule has 0 aliphatic carbocycles. The molecule has 5 rings (SSSR count). The largest absolute Gasteiger partial charge is 0.455 e. The number of sulfonamides is 1. The number of nitrogens with one attached hydrogen (secondary N) is 1. The smallest absolute Gasteiger partial charge is 0.289 e. The number of nitrogens with zero attached hydrogens (tertiary/aromatic N) is 5. The van der Waals surface area contributed by atoms with Crippen LogP contribution < -0.4 is 0 Å². The number of carbonyl (C=O) groups is 1. The number of aryl methyl sites for hydroxylation is 1. The number of thioether (sulfide) groups is 1. The SMILES string of the molecule is Cn1ccnc1SCc1ccc(C(=O)N2CCN(S(=O)(=O)c3c[nH]c4ncccc34)CC2)o1. The van der Waals surface area contributed by atoms with Gasteiger partial charge in [-0.05, 0) is 24.3 Å². The van der Waals surface area contributed by atoms with Crippen molar-refractivity contribution in [3.63, 3.8) is 0 Å². The van der Waals surface area contributed by atoms with Crippen LogP contribution in [0.3, 0.4) is 0 Å². The zero-order chi connectivity index (χ0) is 23.0. The quantitative estimate of drug-likeness (QED) is 0.416. The molecule has 0 saturated carbocycles. The highest BCUT2D eigenvalue weighted by Gasteiger charge is 2.32. The summed E-state index contributed by atoms with van der Waals surface area (Å²) < 4.78 is 35.4. The third-order valence-electron chi connectivity index (χ3n) is 5.55. The number of aromatic amines is 1. The van der Waals surface area contributed by atoms with E-state index >= 15 is 0 Å². The Morgan fingerprint density at radius 2 is 1.97 bits per heavy atom. The second-order valence-corrected chi connectivity index (χ2v) is 10.5. The van der Waals surface area contributed by atoms with Crippen molar-refractivity contribution in [3.05, 3.63) is 60.6 Å². The number of pyridine rings is 1. The summed E-state index contributed by atoms with van der Waals surface area (Å²) in [6.45, 7) is 1.00. The maximum absolute atomic E-state index is 13.2. The molecule has 0 spiro atoms. The lowest BCUT2D eigenvalue weighted by molar-refractivity contribution is 0.0664. The molecule has 1 fully saturated rings. The van der Waals surface area contributed by atoms with Crippen LogP contribution in [0.2, 0.25) is 0 Å². The number of piperazine rings is 1. The molecule has 1 aliphatic heterocycles. The molecule has 1 amide bonds. The van der Waals surface area contributed by atoms with Crippen LogP contribution in [0.1, 0.15) is 16.3 Å². The van der Waals surface area contributed by atoms with Gasteiger partial charge < -0.3 is 18.9 Å². The lowest BCUT2D eigenvalue weighted by Gasteiger charge is -2.33. The van der Waals surface area contributed by atoms with Gasteiger partial charge in [0.2, 0.25) is 10.0 Å². The molecular formula is C21H22N6O4S2. The normalized spacial score (nSPS) is 15.4. The van der Waals surface area contributed by atoms with Crippen LogP contribution in [0.15, 0.2) is 63.5 Å². The summed E-state index contributed by atoms with van der Waals surface area (Å²) in [5, 5.41) is 1.42. The van der Waals surface area contributed by atoms with E-state index in [1.807, 2.05) is 17.8 Å². The maximum atomic E-state index is 13.2. The fourth-order valence-electron chi connectivity index (χ4n) is 3.77. The van der Waals surface area contributed by atoms with Gasteiger partial charge in [0.25, 0.3) is 5.91 Å². The minimum absolute atomic E-state index is 0.200. The minimum atomic E-state index is -3.70. The van der Waals surface area contributed by atoms with Gasteiger partial charge in [-0.2, -0.15) is 4.31 Å². The van der Waals surface area contributed by atoms with Gasteiger partial charge in [0.1, 0.15) is 16.3 Å². The third kappa shape index (κ3) is 4.16. The Kier molecular flexibility index (Phi) is 5.72. The van der Waals surface area contributed by atoms with Gasteiger partial charge in [-0.25, -0.2) is 18.4 Å². The molecule has 0 atom stereocenters. The highest BCUT2D eigenvalue weighted by molar-refractivity contribution is 7.98. The molecule has 33 heavy (non-hydrogen) atoms. The second-order valence-electron chi connectivity index (χ2n) is 7.62. The lowest BCUT2D eigenvalue weighted by atomic mass is 10.3. The molecule has 1 aliphatic rings. The van der Waals surface area contributed by atoms with Crippen LogP contribution >= 0.6 is 11.8 Å². The molecule has 10 nitrogen and oxygen atoms in total. The van der Waals surface area contributed by atoms with Crippen molar-refractivity contribution in [2.75, 3.05) is 26.2 Å². The summed E-state index contributed by atoms with van der Waals surface area (Å²) in [6.07, 6.45) is 6.68. The van der Waals surface area contributed by atoms with E-state index in [0.717, 1.165) is 5.16 Å². The van der Waals surface area contributed by atoms with E-state index in [1.165, 1.54) is 22.3 Å². The van der Waals surface area contributed by atoms with Gasteiger partial charge in [0, 0.05) is 63.4 Å². The molecule has 1 saturated heterocycles. The Hall–Kier alpha value is -3.09. The zero-order valence-corrected chi connectivity index (χ0v) is 19.5. The average Bonchev–Trinajstić information content (AvgIpc) is 3.57. The van der Waals surface area contributed by atoms with Gasteiger partial charge in [0.05, 0.1) is 5.75 Å². The molecule has 172 valence electrons. The number of furan rings is 1. The minimum Gasteiger partial charge on any atom is -0.455 e. The summed E-state index contributed by atoms with van der Waals surface area (Å²) in [5.41, 5.74) is 0.527. The van der Waals surface area contributed by atoms with Gasteiger partial charge >= 0.3 is 0 Å². The first kappa shape index (κ1) is 21.7. The van der Waals surface area contributed by atoms with Gasteiger partial charge in [-0.3, -0.25) is 4.79 Å². The van der Waals surface area contributed by atoms with Crippen LogP contribution in [-0.2, 0) is 22.8 Å². The van der Waals surface area contributed by atoms with Gasteiger partial charge in [-0.15, -0.1) is 0 Å². The van der Waals surface area contributed by atoms with Crippen molar-refractivity contribution in [1.29, 1.82) is 0 Å². The van der Waals surface area contributed by atoms with Gasteiger partial charge in [-0.1, -0.05) is 11.8 Å². The number of H-pyrrole nitrogens is 1. The first-order valence-corrected chi connectivity index (χ1v) is 12.8. The van der Waals surface area contributed by atoms with Gasteiger partial charge in [0.15, 0.2) is 10.9 Å². The predicted octanol–water partition coefficient (Wildman–Crippen LogP) is 2.33. The fourth-order valence-corrected chi connectivity index (χ4v) is 6.17. The first-order valence-electron chi connectivity index (χ1n) is 10.3. The van der Waals surface area contributed by atoms with E-state index in [4.69, 9.17) is 4.42 Å². The molecule has 1 N–H and O–H groups in total. The van der Waals surface area contributed by atoms with Crippen LogP contribution in [-0.4, -0.2) is 69.2 Å². The Morgan fingerprint density at radius 1 is 1.15 bits per heavy atom.